The van der Waals surface area contributed by atoms with Gasteiger partial charge in [-0.2, -0.15) is 5.10 Å². The monoisotopic (exact) mass is 354 g/mol. The summed E-state index contributed by atoms with van der Waals surface area (Å²) in [6.07, 6.45) is 0.876. The van der Waals surface area contributed by atoms with Crippen LogP contribution in [0.1, 0.15) is 23.9 Å². The van der Waals surface area contributed by atoms with E-state index in [0.29, 0.717) is 24.5 Å². The first-order valence-corrected chi connectivity index (χ1v) is 8.85. The molecule has 0 bridgehead atoms. The van der Waals surface area contributed by atoms with Gasteiger partial charge in [0.1, 0.15) is 12.3 Å². The number of amides is 2. The first kappa shape index (κ1) is 16.6. The molecule has 2 aliphatic heterocycles. The summed E-state index contributed by atoms with van der Waals surface area (Å²) in [5, 5.41) is 4.54. The fraction of sp³-hybridized carbons (Fsp3) is 0.421. The fourth-order valence-corrected chi connectivity index (χ4v) is 3.75. The molecule has 1 fully saturated rings. The lowest BCUT2D eigenvalue weighted by molar-refractivity contribution is -0.131. The van der Waals surface area contributed by atoms with Crippen LogP contribution in [-0.2, 0) is 9.59 Å². The van der Waals surface area contributed by atoms with Crippen molar-refractivity contribution in [2.45, 2.75) is 26.3 Å². The number of carbonyl (C=O) groups excluding carboxylic acids is 2. The molecule has 26 heavy (non-hydrogen) atoms. The molecule has 2 aliphatic rings. The Kier molecular flexibility index (Phi) is 4.14. The van der Waals surface area contributed by atoms with Crippen LogP contribution in [-0.4, -0.2) is 52.7 Å². The molecule has 0 spiro atoms. The van der Waals surface area contributed by atoms with Crippen LogP contribution in [0.3, 0.4) is 0 Å². The number of aromatic nitrogens is 2. The highest BCUT2D eigenvalue weighted by Gasteiger charge is 2.32. The van der Waals surface area contributed by atoms with Gasteiger partial charge in [0.05, 0.1) is 17.4 Å². The van der Waals surface area contributed by atoms with Gasteiger partial charge < -0.3 is 9.64 Å². The predicted octanol–water partition coefficient (Wildman–Crippen LogP) is 1.70. The van der Waals surface area contributed by atoms with Gasteiger partial charge in [-0.15, -0.1) is 0 Å². The zero-order chi connectivity index (χ0) is 18.3. The number of anilines is 1. The van der Waals surface area contributed by atoms with E-state index in [2.05, 4.69) is 5.10 Å². The van der Waals surface area contributed by atoms with Crippen LogP contribution in [0, 0.1) is 13.8 Å². The molecule has 1 aromatic carbocycles. The third-order valence-electron chi connectivity index (χ3n) is 5.01. The second-order valence-electron chi connectivity index (χ2n) is 6.89. The molecule has 7 heteroatoms. The summed E-state index contributed by atoms with van der Waals surface area (Å²) in [4.78, 5) is 28.4. The van der Waals surface area contributed by atoms with Crippen LogP contribution >= 0.6 is 0 Å². The highest BCUT2D eigenvalue weighted by Crippen LogP contribution is 2.31. The largest absolute Gasteiger partial charge is 0.482 e. The summed E-state index contributed by atoms with van der Waals surface area (Å²) in [6, 6.07) is 9.56. The standard InChI is InChI=1S/C19H22N4O3/c1-13-9-14(2)23(20-13)15-7-8-21(10-15)18(24)11-22-16-5-3-4-6-17(16)26-12-19(22)25/h3-6,9,15H,7-8,10-12H2,1-2H3. The molecular formula is C19H22N4O3. The second-order valence-corrected chi connectivity index (χ2v) is 6.89. The Morgan fingerprint density at radius 3 is 2.88 bits per heavy atom. The van der Waals surface area contributed by atoms with Crippen LogP contribution in [0.5, 0.6) is 5.75 Å². The minimum atomic E-state index is -0.189. The predicted molar refractivity (Wildman–Crippen MR) is 96.2 cm³/mol. The second kappa shape index (κ2) is 6.48. The van der Waals surface area contributed by atoms with Gasteiger partial charge in [0.25, 0.3) is 5.91 Å². The molecule has 0 aliphatic carbocycles. The van der Waals surface area contributed by atoms with Crippen molar-refractivity contribution in [3.05, 3.63) is 41.7 Å². The van der Waals surface area contributed by atoms with E-state index in [0.717, 1.165) is 17.8 Å². The molecule has 136 valence electrons. The van der Waals surface area contributed by atoms with Gasteiger partial charge in [0, 0.05) is 18.8 Å². The molecule has 0 radical (unpaired) electrons. The fourth-order valence-electron chi connectivity index (χ4n) is 3.75. The van der Waals surface area contributed by atoms with E-state index in [9.17, 15) is 9.59 Å². The minimum Gasteiger partial charge on any atom is -0.482 e. The van der Waals surface area contributed by atoms with Gasteiger partial charge in [-0.3, -0.25) is 19.2 Å². The van der Waals surface area contributed by atoms with Gasteiger partial charge in [-0.25, -0.2) is 0 Å². The summed E-state index contributed by atoms with van der Waals surface area (Å²) < 4.78 is 7.45. The van der Waals surface area contributed by atoms with Gasteiger partial charge in [-0.05, 0) is 38.5 Å². The van der Waals surface area contributed by atoms with E-state index in [1.165, 1.54) is 4.90 Å². The van der Waals surface area contributed by atoms with Crippen molar-refractivity contribution in [1.29, 1.82) is 0 Å². The van der Waals surface area contributed by atoms with Gasteiger partial charge in [-0.1, -0.05) is 12.1 Å². The lowest BCUT2D eigenvalue weighted by Gasteiger charge is -2.30. The van der Waals surface area contributed by atoms with Crippen molar-refractivity contribution in [3.8, 4) is 5.75 Å². The molecule has 0 N–H and O–H groups in total. The molecule has 4 rings (SSSR count). The lowest BCUT2D eigenvalue weighted by atomic mass is 10.2. The molecular weight excluding hydrogens is 332 g/mol. The summed E-state index contributed by atoms with van der Waals surface area (Å²) in [5.74, 6) is 0.410. The number of nitrogens with zero attached hydrogens (tertiary/aromatic N) is 4. The van der Waals surface area contributed by atoms with E-state index >= 15 is 0 Å². The lowest BCUT2D eigenvalue weighted by Crippen LogP contribution is -2.46. The molecule has 1 saturated heterocycles. The van der Waals surface area contributed by atoms with Crippen molar-refractivity contribution in [3.63, 3.8) is 0 Å². The number of likely N-dealkylation sites (tertiary alicyclic amines) is 1. The van der Waals surface area contributed by atoms with E-state index < -0.39 is 0 Å². The molecule has 2 aromatic rings. The van der Waals surface area contributed by atoms with Crippen LogP contribution in [0.2, 0.25) is 0 Å². The zero-order valence-corrected chi connectivity index (χ0v) is 15.0. The Hall–Kier alpha value is -2.83. The van der Waals surface area contributed by atoms with E-state index in [-0.39, 0.29) is 31.0 Å². The van der Waals surface area contributed by atoms with Crippen molar-refractivity contribution in [2.24, 2.45) is 0 Å². The number of para-hydroxylation sites is 2. The van der Waals surface area contributed by atoms with Crippen LogP contribution < -0.4 is 9.64 Å². The number of aryl methyl sites for hydroxylation is 2. The molecule has 7 nitrogen and oxygen atoms in total. The van der Waals surface area contributed by atoms with Crippen molar-refractivity contribution < 1.29 is 14.3 Å². The molecule has 1 atom stereocenters. The molecule has 0 saturated carbocycles. The summed E-state index contributed by atoms with van der Waals surface area (Å²) in [5.41, 5.74) is 2.76. The van der Waals surface area contributed by atoms with Crippen molar-refractivity contribution in [2.75, 3.05) is 31.1 Å². The van der Waals surface area contributed by atoms with E-state index in [4.69, 9.17) is 4.74 Å². The number of benzene rings is 1. The van der Waals surface area contributed by atoms with Crippen LogP contribution in [0.4, 0.5) is 5.69 Å². The quantitative estimate of drug-likeness (QED) is 0.841. The van der Waals surface area contributed by atoms with Crippen LogP contribution in [0.25, 0.3) is 0 Å². The highest BCUT2D eigenvalue weighted by molar-refractivity contribution is 6.02. The summed E-state index contributed by atoms with van der Waals surface area (Å²) in [7, 11) is 0. The number of hydrogen-bond acceptors (Lipinski definition) is 4. The van der Waals surface area contributed by atoms with Crippen molar-refractivity contribution >= 4 is 17.5 Å². The summed E-state index contributed by atoms with van der Waals surface area (Å²) in [6.45, 7) is 5.33. The van der Waals surface area contributed by atoms with Crippen LogP contribution in [0.15, 0.2) is 30.3 Å². The third-order valence-corrected chi connectivity index (χ3v) is 5.01. The zero-order valence-electron chi connectivity index (χ0n) is 15.0. The normalized spacial score (nSPS) is 19.5. The Morgan fingerprint density at radius 1 is 1.31 bits per heavy atom. The molecule has 1 aromatic heterocycles. The minimum absolute atomic E-state index is 0.0291. The van der Waals surface area contributed by atoms with Gasteiger partial charge in [0.2, 0.25) is 5.91 Å². The Morgan fingerprint density at radius 2 is 2.12 bits per heavy atom. The Bertz CT molecular complexity index is 860. The SMILES string of the molecule is Cc1cc(C)n(C2CCN(C(=O)CN3C(=O)COc4ccccc43)C2)n1. The topological polar surface area (TPSA) is 67.7 Å². The van der Waals surface area contributed by atoms with Gasteiger partial charge in [0.15, 0.2) is 6.61 Å². The first-order valence-electron chi connectivity index (χ1n) is 8.85. The molecule has 1 unspecified atom stereocenters. The smallest absolute Gasteiger partial charge is 0.265 e. The molecule has 3 heterocycles. The maximum Gasteiger partial charge on any atom is 0.265 e. The number of carbonyl (C=O) groups is 2. The highest BCUT2D eigenvalue weighted by atomic mass is 16.5. The van der Waals surface area contributed by atoms with E-state index in [1.54, 1.807) is 0 Å². The number of hydrogen-bond donors (Lipinski definition) is 0. The number of rotatable bonds is 3. The number of fused-ring (bicyclic) bond motifs is 1. The number of ether oxygens (including phenoxy) is 1. The first-order chi connectivity index (χ1) is 12.5. The Balaban J connectivity index is 1.46. The third kappa shape index (κ3) is 2.94. The van der Waals surface area contributed by atoms with E-state index in [1.807, 2.05) is 53.8 Å². The average molecular weight is 354 g/mol. The maximum absolute atomic E-state index is 12.8. The summed E-state index contributed by atoms with van der Waals surface area (Å²) >= 11 is 0. The average Bonchev–Trinajstić information content (AvgIpc) is 3.23. The van der Waals surface area contributed by atoms with Gasteiger partial charge >= 0.3 is 0 Å². The maximum atomic E-state index is 12.8. The molecule has 2 amide bonds. The Labute approximate surface area is 152 Å². The van der Waals surface area contributed by atoms with Crippen molar-refractivity contribution in [1.82, 2.24) is 14.7 Å².